The second-order valence-corrected chi connectivity index (χ2v) is 8.19. The summed E-state index contributed by atoms with van der Waals surface area (Å²) < 4.78 is 42.6. The molecule has 0 spiro atoms. The number of nitrogens with zero attached hydrogens (tertiary/aromatic N) is 3. The van der Waals surface area contributed by atoms with E-state index in [2.05, 4.69) is 20.3 Å². The van der Waals surface area contributed by atoms with E-state index in [4.69, 9.17) is 5.73 Å². The Labute approximate surface area is 201 Å². The summed E-state index contributed by atoms with van der Waals surface area (Å²) >= 11 is 0. The number of anilines is 1. The van der Waals surface area contributed by atoms with Gasteiger partial charge in [-0.3, -0.25) is 14.2 Å². The lowest BCUT2D eigenvalue weighted by Crippen LogP contribution is -2.27. The lowest BCUT2D eigenvalue weighted by molar-refractivity contribution is -0.136. The number of carbonyl (C=O) groups excluding carboxylic acids is 1. The van der Waals surface area contributed by atoms with Crippen molar-refractivity contribution in [2.24, 2.45) is 5.73 Å². The van der Waals surface area contributed by atoms with Crippen molar-refractivity contribution < 1.29 is 18.0 Å². The first-order valence-electron chi connectivity index (χ1n) is 10.9. The molecule has 5 rings (SSSR count). The maximum absolute atomic E-state index is 13.8. The number of nitrogens with one attached hydrogen (secondary N) is 2. The van der Waals surface area contributed by atoms with E-state index in [0.717, 1.165) is 6.07 Å². The number of nitrogens with two attached hydrogens (primary N) is 1. The van der Waals surface area contributed by atoms with E-state index in [0.29, 0.717) is 22.4 Å². The first kappa shape index (κ1) is 23.1. The van der Waals surface area contributed by atoms with Crippen molar-refractivity contribution in [1.29, 1.82) is 0 Å². The van der Waals surface area contributed by atoms with E-state index >= 15 is 0 Å². The molecule has 0 fully saturated rings. The molecule has 5 aromatic rings. The molecular weight excluding hydrogens is 473 g/mol. The predicted octanol–water partition coefficient (Wildman–Crippen LogP) is 4.55. The molecule has 11 heteroatoms. The zero-order valence-electron chi connectivity index (χ0n) is 18.8. The maximum Gasteiger partial charge on any atom is 0.417 e. The van der Waals surface area contributed by atoms with Gasteiger partial charge in [-0.25, -0.2) is 9.97 Å². The molecule has 36 heavy (non-hydrogen) atoms. The number of primary amides is 1. The van der Waals surface area contributed by atoms with Crippen LogP contribution in [0.5, 0.6) is 0 Å². The second kappa shape index (κ2) is 8.52. The summed E-state index contributed by atoms with van der Waals surface area (Å²) in [5, 5.41) is 3.27. The van der Waals surface area contributed by atoms with Gasteiger partial charge in [-0.2, -0.15) is 13.2 Å². The Morgan fingerprint density at radius 1 is 1.08 bits per heavy atom. The second-order valence-electron chi connectivity index (χ2n) is 8.19. The molecule has 2 aromatic carbocycles. The van der Waals surface area contributed by atoms with Crippen molar-refractivity contribution >= 4 is 33.5 Å². The van der Waals surface area contributed by atoms with E-state index < -0.39 is 34.6 Å². The van der Waals surface area contributed by atoms with Crippen molar-refractivity contribution in [3.8, 4) is 5.69 Å². The minimum Gasteiger partial charge on any atom is -0.366 e. The molecule has 0 saturated carbocycles. The highest BCUT2D eigenvalue weighted by Gasteiger charge is 2.34. The molecular formula is C25H19F3N6O2. The number of halogens is 3. The molecule has 0 saturated heterocycles. The number of hydrogen-bond acceptors (Lipinski definition) is 5. The fraction of sp³-hybridized carbons (Fsp3) is 0.120. The molecule has 3 heterocycles. The summed E-state index contributed by atoms with van der Waals surface area (Å²) in [6.45, 7) is 1.73. The fourth-order valence-electron chi connectivity index (χ4n) is 4.33. The van der Waals surface area contributed by atoms with Gasteiger partial charge < -0.3 is 16.0 Å². The third-order valence-electron chi connectivity index (χ3n) is 5.93. The summed E-state index contributed by atoms with van der Waals surface area (Å²) in [6.07, 6.45) is -1.99. The van der Waals surface area contributed by atoms with Crippen LogP contribution in [0.2, 0.25) is 0 Å². The van der Waals surface area contributed by atoms with Gasteiger partial charge in [0.05, 0.1) is 27.9 Å². The highest BCUT2D eigenvalue weighted by molar-refractivity contribution is 6.08. The van der Waals surface area contributed by atoms with E-state index in [-0.39, 0.29) is 16.8 Å². The van der Waals surface area contributed by atoms with E-state index in [1.165, 1.54) is 29.2 Å². The Morgan fingerprint density at radius 3 is 2.53 bits per heavy atom. The molecule has 182 valence electrons. The third-order valence-corrected chi connectivity index (χ3v) is 5.93. The number of H-pyrrole nitrogens is 1. The maximum atomic E-state index is 13.8. The van der Waals surface area contributed by atoms with Crippen molar-refractivity contribution in [3.63, 3.8) is 0 Å². The minimum absolute atomic E-state index is 0.151. The normalized spacial score (nSPS) is 12.7. The van der Waals surface area contributed by atoms with Crippen molar-refractivity contribution in [2.45, 2.75) is 19.1 Å². The van der Waals surface area contributed by atoms with Crippen LogP contribution in [0, 0.1) is 0 Å². The Morgan fingerprint density at radius 2 is 1.83 bits per heavy atom. The van der Waals surface area contributed by atoms with E-state index in [1.54, 1.807) is 43.3 Å². The first-order chi connectivity index (χ1) is 17.2. The number of alkyl halides is 3. The Hall–Kier alpha value is -4.67. The molecule has 8 nitrogen and oxygen atoms in total. The number of carbonyl (C=O) groups is 1. The lowest BCUT2D eigenvalue weighted by atomic mass is 10.0. The lowest BCUT2D eigenvalue weighted by Gasteiger charge is -2.22. The Kier molecular flexibility index (Phi) is 5.47. The zero-order chi connectivity index (χ0) is 25.6. The molecule has 0 aliphatic carbocycles. The zero-order valence-corrected chi connectivity index (χ0v) is 18.8. The van der Waals surface area contributed by atoms with Gasteiger partial charge in [-0.05, 0) is 36.6 Å². The number of aromatic amines is 1. The highest BCUT2D eigenvalue weighted by Crippen LogP contribution is 2.35. The fourth-order valence-corrected chi connectivity index (χ4v) is 4.33. The van der Waals surface area contributed by atoms with Crippen molar-refractivity contribution in [2.75, 3.05) is 5.32 Å². The van der Waals surface area contributed by atoms with Crippen LogP contribution >= 0.6 is 0 Å². The number of rotatable bonds is 5. The molecule has 0 bridgehead atoms. The van der Waals surface area contributed by atoms with Crippen LogP contribution in [0.4, 0.5) is 19.0 Å². The summed E-state index contributed by atoms with van der Waals surface area (Å²) in [5.41, 5.74) is 5.02. The standard InChI is InChI=1S/C25H19F3N6O2/c1-13(33-23-20-16(21(29)35)11-30-22(20)31-12-32-23)18-10-14-6-5-9-17(25(26,27)28)19(14)24(36)34(18)15-7-3-2-4-8-15/h2-13H,1H3,(H2,29,35)(H2,30,31,32,33). The number of pyridine rings is 1. The SMILES string of the molecule is CC(Nc1ncnc2[nH]cc(C(N)=O)c12)c1cc2cccc(C(F)(F)F)c2c(=O)n1-c1ccccc1. The summed E-state index contributed by atoms with van der Waals surface area (Å²) in [5.74, 6) is -0.405. The number of fused-ring (bicyclic) bond motifs is 2. The molecule has 1 amide bonds. The summed E-state index contributed by atoms with van der Waals surface area (Å²) in [7, 11) is 0. The van der Waals surface area contributed by atoms with Crippen LogP contribution in [-0.2, 0) is 6.18 Å². The van der Waals surface area contributed by atoms with Gasteiger partial charge in [0.25, 0.3) is 11.5 Å². The predicted molar refractivity (Wildman–Crippen MR) is 129 cm³/mol. The van der Waals surface area contributed by atoms with Gasteiger partial charge in [0.15, 0.2) is 0 Å². The number of para-hydroxylation sites is 1. The summed E-state index contributed by atoms with van der Waals surface area (Å²) in [4.78, 5) is 36.7. The van der Waals surface area contributed by atoms with Crippen LogP contribution < -0.4 is 16.6 Å². The number of hydrogen-bond donors (Lipinski definition) is 3. The highest BCUT2D eigenvalue weighted by atomic mass is 19.4. The average Bonchev–Trinajstić information content (AvgIpc) is 3.29. The molecule has 0 aliphatic rings. The molecule has 3 aromatic heterocycles. The quantitative estimate of drug-likeness (QED) is 0.333. The summed E-state index contributed by atoms with van der Waals surface area (Å²) in [6, 6.07) is 12.9. The van der Waals surface area contributed by atoms with Crippen molar-refractivity contribution in [3.05, 3.63) is 94.3 Å². The molecule has 0 radical (unpaired) electrons. The average molecular weight is 492 g/mol. The van der Waals surface area contributed by atoms with Gasteiger partial charge in [0.2, 0.25) is 0 Å². The van der Waals surface area contributed by atoms with Crippen LogP contribution in [0.15, 0.2) is 71.9 Å². The van der Waals surface area contributed by atoms with Gasteiger partial charge >= 0.3 is 6.18 Å². The monoisotopic (exact) mass is 492 g/mol. The Balaban J connectivity index is 1.74. The van der Waals surface area contributed by atoms with Crippen LogP contribution in [0.25, 0.3) is 27.5 Å². The smallest absolute Gasteiger partial charge is 0.366 e. The topological polar surface area (TPSA) is 119 Å². The van der Waals surface area contributed by atoms with Gasteiger partial charge in [0.1, 0.15) is 17.8 Å². The van der Waals surface area contributed by atoms with Crippen molar-refractivity contribution in [1.82, 2.24) is 19.5 Å². The van der Waals surface area contributed by atoms with Gasteiger partial charge in [-0.15, -0.1) is 0 Å². The third kappa shape index (κ3) is 3.84. The van der Waals surface area contributed by atoms with E-state index in [1.807, 2.05) is 0 Å². The molecule has 0 aliphatic heterocycles. The van der Waals surface area contributed by atoms with E-state index in [9.17, 15) is 22.8 Å². The first-order valence-corrected chi connectivity index (χ1v) is 10.9. The molecule has 4 N–H and O–H groups in total. The largest absolute Gasteiger partial charge is 0.417 e. The van der Waals surface area contributed by atoms with Crippen LogP contribution in [0.1, 0.15) is 34.6 Å². The van der Waals surface area contributed by atoms with Crippen LogP contribution in [-0.4, -0.2) is 25.4 Å². The van der Waals surface area contributed by atoms with Gasteiger partial charge in [0, 0.05) is 17.6 Å². The molecule has 1 unspecified atom stereocenters. The minimum atomic E-state index is -4.70. The number of amides is 1. The molecule has 1 atom stereocenters. The van der Waals surface area contributed by atoms with Gasteiger partial charge in [-0.1, -0.05) is 30.3 Å². The number of aromatic nitrogens is 4. The van der Waals surface area contributed by atoms with Crippen LogP contribution in [0.3, 0.4) is 0 Å². The Bertz CT molecular complexity index is 1680. The number of benzene rings is 2.